The van der Waals surface area contributed by atoms with E-state index in [9.17, 15) is 9.18 Å². The Morgan fingerprint density at radius 3 is 2.40 bits per heavy atom. The minimum absolute atomic E-state index is 0.0553. The van der Waals surface area contributed by atoms with Gasteiger partial charge in [0.2, 0.25) is 5.91 Å². The number of benzene rings is 2. The highest BCUT2D eigenvalue weighted by molar-refractivity contribution is 5.78. The van der Waals surface area contributed by atoms with Gasteiger partial charge in [-0.25, -0.2) is 4.39 Å². The van der Waals surface area contributed by atoms with E-state index in [1.165, 1.54) is 17.7 Å². The number of carbonyl (C=O) groups excluding carboxylic acids is 1. The standard InChI is InChI=1S/C21H27FN2O/c1-4-16-8-10-17(11-9-16)21(18-6-5-7-19(22)12-18)24-14-20(25)23-13-15(2)3/h5-12,15,21,24H,4,13-14H2,1-3H3,(H,23,25)/t21-/m0/s1. The number of rotatable bonds is 8. The molecule has 0 aliphatic carbocycles. The third-order valence-electron chi connectivity index (χ3n) is 4.08. The first kappa shape index (κ1) is 19.1. The lowest BCUT2D eigenvalue weighted by molar-refractivity contribution is -0.120. The van der Waals surface area contributed by atoms with Gasteiger partial charge in [0, 0.05) is 6.54 Å². The van der Waals surface area contributed by atoms with E-state index in [2.05, 4.69) is 43.5 Å². The number of nitrogens with one attached hydrogen (secondary N) is 2. The molecule has 1 amide bonds. The second-order valence-electron chi connectivity index (χ2n) is 6.66. The SMILES string of the molecule is CCc1ccc([C@H](NCC(=O)NCC(C)C)c2cccc(F)c2)cc1. The molecule has 3 nitrogen and oxygen atoms in total. The zero-order valence-corrected chi connectivity index (χ0v) is 15.2. The maximum atomic E-state index is 13.7. The van der Waals surface area contributed by atoms with Crippen molar-refractivity contribution < 1.29 is 9.18 Å². The van der Waals surface area contributed by atoms with Crippen molar-refractivity contribution in [2.45, 2.75) is 33.2 Å². The molecule has 2 rings (SSSR count). The molecule has 4 heteroatoms. The van der Waals surface area contributed by atoms with Gasteiger partial charge in [0.25, 0.3) is 0 Å². The lowest BCUT2D eigenvalue weighted by Crippen LogP contribution is -2.37. The second kappa shape index (κ2) is 9.33. The maximum Gasteiger partial charge on any atom is 0.233 e. The van der Waals surface area contributed by atoms with Crippen molar-refractivity contribution >= 4 is 5.91 Å². The van der Waals surface area contributed by atoms with Crippen LogP contribution in [0.15, 0.2) is 48.5 Å². The average molecular weight is 342 g/mol. The van der Waals surface area contributed by atoms with Gasteiger partial charge in [-0.1, -0.05) is 57.2 Å². The fourth-order valence-electron chi connectivity index (χ4n) is 2.64. The van der Waals surface area contributed by atoms with Gasteiger partial charge in [-0.3, -0.25) is 10.1 Å². The summed E-state index contributed by atoms with van der Waals surface area (Å²) in [6.07, 6.45) is 0.968. The quantitative estimate of drug-likeness (QED) is 0.765. The van der Waals surface area contributed by atoms with E-state index in [-0.39, 0.29) is 24.3 Å². The van der Waals surface area contributed by atoms with Crippen LogP contribution in [0.25, 0.3) is 0 Å². The Bertz CT molecular complexity index is 683. The van der Waals surface area contributed by atoms with E-state index in [1.54, 1.807) is 6.07 Å². The summed E-state index contributed by atoms with van der Waals surface area (Å²) < 4.78 is 13.7. The highest BCUT2D eigenvalue weighted by atomic mass is 19.1. The van der Waals surface area contributed by atoms with Crippen LogP contribution in [-0.4, -0.2) is 19.0 Å². The van der Waals surface area contributed by atoms with Crippen LogP contribution in [0.3, 0.4) is 0 Å². The van der Waals surface area contributed by atoms with Crippen molar-refractivity contribution in [3.05, 3.63) is 71.0 Å². The predicted octanol–water partition coefficient (Wildman–Crippen LogP) is 3.84. The molecule has 0 aromatic heterocycles. The highest BCUT2D eigenvalue weighted by Gasteiger charge is 2.16. The third-order valence-corrected chi connectivity index (χ3v) is 4.08. The molecule has 134 valence electrons. The molecule has 0 fully saturated rings. The Morgan fingerprint density at radius 1 is 1.08 bits per heavy atom. The van der Waals surface area contributed by atoms with Crippen LogP contribution in [0, 0.1) is 11.7 Å². The third kappa shape index (κ3) is 5.98. The highest BCUT2D eigenvalue weighted by Crippen LogP contribution is 2.23. The van der Waals surface area contributed by atoms with E-state index in [4.69, 9.17) is 0 Å². The van der Waals surface area contributed by atoms with Gasteiger partial charge in [0.15, 0.2) is 0 Å². The normalized spacial score (nSPS) is 12.2. The topological polar surface area (TPSA) is 41.1 Å². The minimum Gasteiger partial charge on any atom is -0.355 e. The maximum absolute atomic E-state index is 13.7. The fraction of sp³-hybridized carbons (Fsp3) is 0.381. The Balaban J connectivity index is 2.15. The first-order valence-corrected chi connectivity index (χ1v) is 8.84. The van der Waals surface area contributed by atoms with Crippen molar-refractivity contribution in [3.8, 4) is 0 Å². The molecule has 2 aromatic carbocycles. The zero-order valence-electron chi connectivity index (χ0n) is 15.2. The number of halogens is 1. The summed E-state index contributed by atoms with van der Waals surface area (Å²) in [5, 5.41) is 6.16. The van der Waals surface area contributed by atoms with Crippen LogP contribution in [0.2, 0.25) is 0 Å². The number of hydrogen-bond donors (Lipinski definition) is 2. The molecule has 0 heterocycles. The molecular formula is C21H27FN2O. The summed E-state index contributed by atoms with van der Waals surface area (Å²) in [5.41, 5.74) is 3.07. The van der Waals surface area contributed by atoms with Crippen LogP contribution in [0.1, 0.15) is 43.5 Å². The van der Waals surface area contributed by atoms with E-state index < -0.39 is 0 Å². The van der Waals surface area contributed by atoms with Gasteiger partial charge >= 0.3 is 0 Å². The fourth-order valence-corrected chi connectivity index (χ4v) is 2.64. The van der Waals surface area contributed by atoms with Crippen LogP contribution in [0.5, 0.6) is 0 Å². The molecule has 0 bridgehead atoms. The van der Waals surface area contributed by atoms with Gasteiger partial charge in [0.05, 0.1) is 12.6 Å². The molecule has 2 N–H and O–H groups in total. The molecule has 0 unspecified atom stereocenters. The summed E-state index contributed by atoms with van der Waals surface area (Å²) in [6.45, 7) is 7.05. The summed E-state index contributed by atoms with van der Waals surface area (Å²) in [4.78, 5) is 12.0. The Morgan fingerprint density at radius 2 is 1.80 bits per heavy atom. The number of hydrogen-bond acceptors (Lipinski definition) is 2. The lowest BCUT2D eigenvalue weighted by atomic mass is 9.97. The van der Waals surface area contributed by atoms with E-state index in [0.717, 1.165) is 17.5 Å². The minimum atomic E-state index is -0.279. The second-order valence-corrected chi connectivity index (χ2v) is 6.66. The molecule has 0 radical (unpaired) electrons. The van der Waals surface area contributed by atoms with E-state index in [1.807, 2.05) is 18.2 Å². The van der Waals surface area contributed by atoms with E-state index in [0.29, 0.717) is 12.5 Å². The summed E-state index contributed by atoms with van der Waals surface area (Å²) in [6, 6.07) is 14.5. The molecule has 1 atom stereocenters. The summed E-state index contributed by atoms with van der Waals surface area (Å²) >= 11 is 0. The summed E-state index contributed by atoms with van der Waals surface area (Å²) in [7, 11) is 0. The van der Waals surface area contributed by atoms with Gasteiger partial charge in [-0.15, -0.1) is 0 Å². The molecule has 0 aliphatic rings. The molecule has 0 spiro atoms. The van der Waals surface area contributed by atoms with Gasteiger partial charge in [-0.2, -0.15) is 0 Å². The van der Waals surface area contributed by atoms with Crippen LogP contribution >= 0.6 is 0 Å². The van der Waals surface area contributed by atoms with Crippen molar-refractivity contribution in [3.63, 3.8) is 0 Å². The molecular weight excluding hydrogens is 315 g/mol. The molecule has 2 aromatic rings. The first-order valence-electron chi connectivity index (χ1n) is 8.84. The van der Waals surface area contributed by atoms with Crippen molar-refractivity contribution in [1.82, 2.24) is 10.6 Å². The molecule has 0 aliphatic heterocycles. The van der Waals surface area contributed by atoms with Crippen LogP contribution in [-0.2, 0) is 11.2 Å². The van der Waals surface area contributed by atoms with E-state index >= 15 is 0 Å². The van der Waals surface area contributed by atoms with Crippen molar-refractivity contribution in [2.75, 3.05) is 13.1 Å². The Hall–Kier alpha value is -2.20. The zero-order chi connectivity index (χ0) is 18.2. The van der Waals surface area contributed by atoms with Crippen molar-refractivity contribution in [1.29, 1.82) is 0 Å². The smallest absolute Gasteiger partial charge is 0.233 e. The monoisotopic (exact) mass is 342 g/mol. The molecule has 0 saturated carbocycles. The van der Waals surface area contributed by atoms with Gasteiger partial charge in [-0.05, 0) is 41.2 Å². The number of amides is 1. The Kier molecular flexibility index (Phi) is 7.14. The van der Waals surface area contributed by atoms with Gasteiger partial charge in [0.1, 0.15) is 5.82 Å². The lowest BCUT2D eigenvalue weighted by Gasteiger charge is -2.20. The largest absolute Gasteiger partial charge is 0.355 e. The first-order chi connectivity index (χ1) is 12.0. The summed E-state index contributed by atoms with van der Waals surface area (Å²) in [5.74, 6) is 0.0728. The van der Waals surface area contributed by atoms with Crippen LogP contribution < -0.4 is 10.6 Å². The van der Waals surface area contributed by atoms with Gasteiger partial charge < -0.3 is 5.32 Å². The Labute approximate surface area is 149 Å². The average Bonchev–Trinajstić information content (AvgIpc) is 2.61. The number of carbonyl (C=O) groups is 1. The predicted molar refractivity (Wildman–Crippen MR) is 99.9 cm³/mol. The van der Waals surface area contributed by atoms with Crippen LogP contribution in [0.4, 0.5) is 4.39 Å². The van der Waals surface area contributed by atoms with Crippen molar-refractivity contribution in [2.24, 2.45) is 5.92 Å². The molecule has 25 heavy (non-hydrogen) atoms. The molecule has 0 saturated heterocycles. The number of aryl methyl sites for hydroxylation is 1.